The number of hydrogen-bond donors (Lipinski definition) is 1. The molecule has 5 rings (SSSR count). The fourth-order valence-electron chi connectivity index (χ4n) is 3.80. The molecule has 158 valence electrons. The number of anilines is 2. The number of rotatable bonds is 2. The summed E-state index contributed by atoms with van der Waals surface area (Å²) in [6.07, 6.45) is 3.76. The predicted molar refractivity (Wildman–Crippen MR) is 119 cm³/mol. The number of nitrogens with one attached hydrogen (secondary N) is 1. The highest BCUT2D eigenvalue weighted by Crippen LogP contribution is 2.43. The zero-order chi connectivity index (χ0) is 21.7. The first kappa shape index (κ1) is 20.5. The van der Waals surface area contributed by atoms with Crippen molar-refractivity contribution in [2.75, 3.05) is 10.2 Å². The van der Waals surface area contributed by atoms with Gasteiger partial charge < -0.3 is 10.1 Å². The van der Waals surface area contributed by atoms with Gasteiger partial charge in [0.25, 0.3) is 0 Å². The third kappa shape index (κ3) is 3.62. The number of amides is 2. The number of aromatic nitrogens is 2. The van der Waals surface area contributed by atoms with Crippen LogP contribution in [0.3, 0.4) is 0 Å². The highest BCUT2D eigenvalue weighted by molar-refractivity contribution is 9.10. The Bertz CT molecular complexity index is 1230. The lowest BCUT2D eigenvalue weighted by molar-refractivity contribution is 0.167. The van der Waals surface area contributed by atoms with Crippen LogP contribution in [0.5, 0.6) is 5.75 Å². The maximum absolute atomic E-state index is 14.2. The standard InChI is InChI=1S/C21H14BrCl2FN4O2/c22-20-18-11(13(24)8-27-20)9-29(21(30)28-18)15-7-17-10(6-12(15)23)3-4-16(31-17)19-14(25)2-1-5-26-19/h1-2,5-8,16H,3-4,9H2,(H,28,30). The Morgan fingerprint density at radius 3 is 2.90 bits per heavy atom. The number of nitrogens with zero attached hydrogens (tertiary/aromatic N) is 3. The van der Waals surface area contributed by atoms with Crippen LogP contribution in [0.4, 0.5) is 20.6 Å². The number of aryl methyl sites for hydroxylation is 1. The average Bonchev–Trinajstić information content (AvgIpc) is 2.76. The highest BCUT2D eigenvalue weighted by atomic mass is 79.9. The molecule has 1 unspecified atom stereocenters. The van der Waals surface area contributed by atoms with Gasteiger partial charge in [0, 0.05) is 24.0 Å². The number of halogens is 4. The van der Waals surface area contributed by atoms with Gasteiger partial charge in [-0.2, -0.15) is 0 Å². The fraction of sp³-hybridized carbons (Fsp3) is 0.190. The fourth-order valence-corrected chi connectivity index (χ4v) is 4.73. The van der Waals surface area contributed by atoms with Crippen molar-refractivity contribution in [2.24, 2.45) is 0 Å². The number of fused-ring (bicyclic) bond motifs is 2. The van der Waals surface area contributed by atoms with Crippen LogP contribution in [-0.4, -0.2) is 16.0 Å². The van der Waals surface area contributed by atoms with Crippen LogP contribution in [0.25, 0.3) is 0 Å². The smallest absolute Gasteiger partial charge is 0.326 e. The zero-order valence-electron chi connectivity index (χ0n) is 15.8. The first-order valence-corrected chi connectivity index (χ1v) is 11.0. The number of hydrogen-bond acceptors (Lipinski definition) is 4. The highest BCUT2D eigenvalue weighted by Gasteiger charge is 2.31. The van der Waals surface area contributed by atoms with Gasteiger partial charge >= 0.3 is 6.03 Å². The molecule has 31 heavy (non-hydrogen) atoms. The van der Waals surface area contributed by atoms with E-state index in [1.54, 1.807) is 18.2 Å². The summed E-state index contributed by atoms with van der Waals surface area (Å²) in [6.45, 7) is 0.206. The van der Waals surface area contributed by atoms with Crippen molar-refractivity contribution in [1.82, 2.24) is 9.97 Å². The number of ether oxygens (including phenoxy) is 1. The van der Waals surface area contributed by atoms with E-state index in [0.717, 1.165) is 5.56 Å². The molecule has 0 saturated heterocycles. The van der Waals surface area contributed by atoms with Gasteiger partial charge in [0.15, 0.2) is 0 Å². The molecule has 2 aliphatic heterocycles. The van der Waals surface area contributed by atoms with E-state index in [9.17, 15) is 9.18 Å². The van der Waals surface area contributed by atoms with Crippen molar-refractivity contribution < 1.29 is 13.9 Å². The van der Waals surface area contributed by atoms with E-state index in [1.165, 1.54) is 23.4 Å². The molecule has 3 aromatic rings. The van der Waals surface area contributed by atoms with E-state index < -0.39 is 11.9 Å². The number of benzene rings is 1. The second-order valence-corrected chi connectivity index (χ2v) is 8.76. The molecule has 0 bridgehead atoms. The Morgan fingerprint density at radius 1 is 1.26 bits per heavy atom. The van der Waals surface area contributed by atoms with Crippen LogP contribution in [0.1, 0.15) is 29.3 Å². The van der Waals surface area contributed by atoms with E-state index in [4.69, 9.17) is 27.9 Å². The van der Waals surface area contributed by atoms with E-state index >= 15 is 0 Å². The molecule has 4 heterocycles. The van der Waals surface area contributed by atoms with Gasteiger partial charge in [-0.05, 0) is 52.5 Å². The second kappa shape index (κ2) is 7.93. The Labute approximate surface area is 195 Å². The second-order valence-electron chi connectivity index (χ2n) is 7.19. The summed E-state index contributed by atoms with van der Waals surface area (Å²) >= 11 is 16.2. The summed E-state index contributed by atoms with van der Waals surface area (Å²) in [5.41, 5.74) is 2.87. The van der Waals surface area contributed by atoms with Crippen LogP contribution in [0, 0.1) is 5.82 Å². The average molecular weight is 524 g/mol. The molecular weight excluding hydrogens is 510 g/mol. The van der Waals surface area contributed by atoms with Gasteiger partial charge in [0.05, 0.1) is 28.0 Å². The molecule has 6 nitrogen and oxygen atoms in total. The lowest BCUT2D eigenvalue weighted by atomic mass is 9.99. The minimum Gasteiger partial charge on any atom is -0.484 e. The Morgan fingerprint density at radius 2 is 2.10 bits per heavy atom. The lowest BCUT2D eigenvalue weighted by Crippen LogP contribution is -2.39. The number of pyridine rings is 2. The number of carbonyl (C=O) groups is 1. The van der Waals surface area contributed by atoms with Crippen molar-refractivity contribution in [2.45, 2.75) is 25.5 Å². The third-order valence-corrected chi connectivity index (χ3v) is 6.57. The van der Waals surface area contributed by atoms with Crippen molar-refractivity contribution in [3.63, 3.8) is 0 Å². The van der Waals surface area contributed by atoms with Gasteiger partial charge in [-0.15, -0.1) is 0 Å². The summed E-state index contributed by atoms with van der Waals surface area (Å²) in [5.74, 6) is 0.132. The summed E-state index contributed by atoms with van der Waals surface area (Å²) < 4.78 is 20.8. The summed E-state index contributed by atoms with van der Waals surface area (Å²) in [5, 5.41) is 3.64. The first-order chi connectivity index (χ1) is 14.9. The zero-order valence-corrected chi connectivity index (χ0v) is 18.9. The Balaban J connectivity index is 1.50. The molecule has 2 aromatic heterocycles. The maximum atomic E-state index is 14.2. The normalized spacial score (nSPS) is 17.5. The van der Waals surface area contributed by atoms with Crippen molar-refractivity contribution in [1.29, 1.82) is 0 Å². The van der Waals surface area contributed by atoms with Crippen molar-refractivity contribution in [3.8, 4) is 5.75 Å². The van der Waals surface area contributed by atoms with Crippen molar-refractivity contribution in [3.05, 3.63) is 73.9 Å². The van der Waals surface area contributed by atoms with E-state index in [1.807, 2.05) is 0 Å². The number of carbonyl (C=O) groups excluding carboxylic acids is 1. The predicted octanol–water partition coefficient (Wildman–Crippen LogP) is 6.30. The van der Waals surface area contributed by atoms with Gasteiger partial charge in [-0.25, -0.2) is 14.2 Å². The minimum atomic E-state index is -0.518. The Hall–Kier alpha value is -2.42. The molecule has 1 atom stereocenters. The topological polar surface area (TPSA) is 67.4 Å². The summed E-state index contributed by atoms with van der Waals surface area (Å²) in [7, 11) is 0. The molecule has 1 aromatic carbocycles. The van der Waals surface area contributed by atoms with Crippen LogP contribution < -0.4 is 15.0 Å². The van der Waals surface area contributed by atoms with Gasteiger partial charge in [0.2, 0.25) is 0 Å². The lowest BCUT2D eigenvalue weighted by Gasteiger charge is -2.32. The molecule has 10 heteroatoms. The van der Waals surface area contributed by atoms with Gasteiger partial charge in [0.1, 0.15) is 28.0 Å². The molecule has 2 amide bonds. The SMILES string of the molecule is O=C1Nc2c(Br)ncc(Cl)c2CN1c1cc2c(cc1Cl)CCC(c1ncccc1F)O2. The van der Waals surface area contributed by atoms with E-state index in [0.29, 0.717) is 50.2 Å². The molecule has 0 aliphatic carbocycles. The summed E-state index contributed by atoms with van der Waals surface area (Å²) in [6, 6.07) is 6.02. The van der Waals surface area contributed by atoms with E-state index in [-0.39, 0.29) is 18.3 Å². The maximum Gasteiger partial charge on any atom is 0.326 e. The molecular formula is C21H14BrCl2FN4O2. The molecule has 0 fully saturated rings. The molecule has 1 N–H and O–H groups in total. The van der Waals surface area contributed by atoms with Crippen LogP contribution in [-0.2, 0) is 13.0 Å². The molecule has 0 radical (unpaired) electrons. The van der Waals surface area contributed by atoms with E-state index in [2.05, 4.69) is 31.2 Å². The van der Waals surface area contributed by atoms with Crippen molar-refractivity contribution >= 4 is 56.5 Å². The summed E-state index contributed by atoms with van der Waals surface area (Å²) in [4.78, 5) is 22.6. The number of urea groups is 1. The molecule has 0 spiro atoms. The molecule has 2 aliphatic rings. The van der Waals surface area contributed by atoms with Gasteiger partial charge in [-0.3, -0.25) is 9.88 Å². The largest absolute Gasteiger partial charge is 0.484 e. The van der Waals surface area contributed by atoms with Crippen LogP contribution >= 0.6 is 39.1 Å². The third-order valence-electron chi connectivity index (χ3n) is 5.34. The minimum absolute atomic E-state index is 0.206. The van der Waals surface area contributed by atoms with Gasteiger partial charge in [-0.1, -0.05) is 23.2 Å². The monoisotopic (exact) mass is 522 g/mol. The molecule has 0 saturated carbocycles. The van der Waals surface area contributed by atoms with Crippen LogP contribution in [0.15, 0.2) is 41.3 Å². The quantitative estimate of drug-likeness (QED) is 0.400. The Kier molecular flexibility index (Phi) is 5.24. The van der Waals surface area contributed by atoms with Crippen LogP contribution in [0.2, 0.25) is 10.0 Å². The first-order valence-electron chi connectivity index (χ1n) is 9.43.